The van der Waals surface area contributed by atoms with Crippen LogP contribution >= 0.6 is 0 Å². The molecule has 1 atom stereocenters. The first-order valence-electron chi connectivity index (χ1n) is 12.5. The van der Waals surface area contributed by atoms with Crippen molar-refractivity contribution in [3.05, 3.63) is 82.0 Å². The summed E-state index contributed by atoms with van der Waals surface area (Å²) in [7, 11) is -8.68. The molecule has 0 N–H and O–H groups in total. The van der Waals surface area contributed by atoms with Gasteiger partial charge in [0.05, 0.1) is 33.9 Å². The van der Waals surface area contributed by atoms with E-state index in [1.807, 2.05) is 6.07 Å². The lowest BCUT2D eigenvalue weighted by atomic mass is 9.98. The van der Waals surface area contributed by atoms with Crippen LogP contribution in [0.1, 0.15) is 61.8 Å². The molecule has 2 aromatic rings. The maximum absolute atomic E-state index is 14.2. The van der Waals surface area contributed by atoms with Gasteiger partial charge < -0.3 is 0 Å². The maximum atomic E-state index is 14.2. The third kappa shape index (κ3) is 5.54. The lowest BCUT2D eigenvalue weighted by molar-refractivity contribution is -0.137. The Hall–Kier alpha value is -3.88. The topological polar surface area (TPSA) is 120 Å². The van der Waals surface area contributed by atoms with Crippen LogP contribution in [0.4, 0.5) is 23.7 Å². The Kier molecular flexibility index (Phi) is 7.95. The lowest BCUT2D eigenvalue weighted by Crippen LogP contribution is -2.54. The van der Waals surface area contributed by atoms with Gasteiger partial charge in [0.15, 0.2) is 9.84 Å². The van der Waals surface area contributed by atoms with Crippen LogP contribution in [0.15, 0.2) is 58.8 Å². The van der Waals surface area contributed by atoms with Crippen LogP contribution in [-0.2, 0) is 26.0 Å². The van der Waals surface area contributed by atoms with E-state index in [1.165, 1.54) is 25.1 Å². The Balaban J connectivity index is 2.06. The standard InChI is InChI=1S/C27H25F3N4O5S2/c1-17-24(32-2)25(22-13-12-18(16-31)14-23(22)40(3,36)37)34(41(38,39)21-10-5-4-6-11-21)26(35)33(17)20-9-7-8-19(15-20)27(28,29)30/h7-9,12-15,21,25H,4-6,10-11H2,1,3H3/t25-/m1/s1. The van der Waals surface area contributed by atoms with E-state index in [9.17, 15) is 40.1 Å². The van der Waals surface area contributed by atoms with Crippen molar-refractivity contribution in [3.63, 3.8) is 0 Å². The molecule has 2 aromatic carbocycles. The highest BCUT2D eigenvalue weighted by atomic mass is 32.2. The number of sulfonamides is 1. The van der Waals surface area contributed by atoms with Crippen LogP contribution in [0.2, 0.25) is 0 Å². The predicted molar refractivity (Wildman–Crippen MR) is 143 cm³/mol. The summed E-state index contributed by atoms with van der Waals surface area (Å²) in [6.45, 7) is 9.22. The van der Waals surface area contributed by atoms with Crippen molar-refractivity contribution in [1.82, 2.24) is 4.31 Å². The molecule has 1 heterocycles. The molecular formula is C27H25F3N4O5S2. The van der Waals surface area contributed by atoms with Gasteiger partial charge in [0.25, 0.3) is 0 Å². The zero-order valence-electron chi connectivity index (χ0n) is 22.0. The Morgan fingerprint density at radius 2 is 1.71 bits per heavy atom. The number of alkyl halides is 3. The van der Waals surface area contributed by atoms with Crippen molar-refractivity contribution < 1.29 is 34.8 Å². The summed E-state index contributed by atoms with van der Waals surface area (Å²) in [6, 6.07) is 6.04. The van der Waals surface area contributed by atoms with Gasteiger partial charge in [-0.25, -0.2) is 30.8 Å². The summed E-state index contributed by atoms with van der Waals surface area (Å²) in [4.78, 5) is 18.0. The number of halogens is 3. The smallest absolute Gasteiger partial charge is 0.277 e. The van der Waals surface area contributed by atoms with Gasteiger partial charge in [0, 0.05) is 17.6 Å². The molecule has 41 heavy (non-hydrogen) atoms. The highest BCUT2D eigenvalue weighted by Gasteiger charge is 2.50. The Morgan fingerprint density at radius 3 is 2.27 bits per heavy atom. The summed E-state index contributed by atoms with van der Waals surface area (Å²) in [5.74, 6) is 0. The van der Waals surface area contributed by atoms with E-state index in [0.29, 0.717) is 23.2 Å². The van der Waals surface area contributed by atoms with Crippen molar-refractivity contribution >= 4 is 31.6 Å². The van der Waals surface area contributed by atoms with E-state index in [-0.39, 0.29) is 41.1 Å². The molecular weight excluding hydrogens is 581 g/mol. The normalized spacial score (nSPS) is 19.2. The number of anilines is 1. The molecule has 1 saturated carbocycles. The Labute approximate surface area is 236 Å². The highest BCUT2D eigenvalue weighted by Crippen LogP contribution is 2.45. The first-order chi connectivity index (χ1) is 19.1. The second-order valence-electron chi connectivity index (χ2n) is 9.89. The van der Waals surface area contributed by atoms with E-state index < -0.39 is 53.8 Å². The van der Waals surface area contributed by atoms with Crippen LogP contribution in [0.5, 0.6) is 0 Å². The van der Waals surface area contributed by atoms with Gasteiger partial charge in [-0.15, -0.1) is 0 Å². The molecule has 2 aliphatic rings. The van der Waals surface area contributed by atoms with E-state index >= 15 is 0 Å². The first-order valence-corrected chi connectivity index (χ1v) is 15.9. The number of allylic oxidation sites excluding steroid dienone is 1. The fourth-order valence-electron chi connectivity index (χ4n) is 5.25. The summed E-state index contributed by atoms with van der Waals surface area (Å²) < 4.78 is 95.0. The van der Waals surface area contributed by atoms with Gasteiger partial charge >= 0.3 is 12.2 Å². The summed E-state index contributed by atoms with van der Waals surface area (Å²) >= 11 is 0. The number of nitrogens with zero attached hydrogens (tertiary/aromatic N) is 4. The van der Waals surface area contributed by atoms with Crippen molar-refractivity contribution in [2.45, 2.75) is 61.4 Å². The number of hydrogen-bond donors (Lipinski definition) is 0. The molecule has 4 rings (SSSR count). The van der Waals surface area contributed by atoms with Gasteiger partial charge in [-0.2, -0.15) is 18.4 Å². The van der Waals surface area contributed by atoms with Crippen LogP contribution < -0.4 is 4.90 Å². The zero-order valence-corrected chi connectivity index (χ0v) is 23.6. The molecule has 1 aliphatic heterocycles. The molecule has 9 nitrogen and oxygen atoms in total. The van der Waals surface area contributed by atoms with Crippen molar-refractivity contribution in [3.8, 4) is 6.07 Å². The number of hydrogen-bond acceptors (Lipinski definition) is 6. The second-order valence-corrected chi connectivity index (χ2v) is 14.0. The van der Waals surface area contributed by atoms with E-state index in [0.717, 1.165) is 35.8 Å². The third-order valence-corrected chi connectivity index (χ3v) is 10.6. The Bertz CT molecular complexity index is 1730. The number of amides is 2. The quantitative estimate of drug-likeness (QED) is 0.398. The van der Waals surface area contributed by atoms with Gasteiger partial charge in [-0.1, -0.05) is 31.4 Å². The summed E-state index contributed by atoms with van der Waals surface area (Å²) in [6.07, 6.45) is -1.59. The average Bonchev–Trinajstić information content (AvgIpc) is 2.92. The van der Waals surface area contributed by atoms with Gasteiger partial charge in [0.1, 0.15) is 6.04 Å². The van der Waals surface area contributed by atoms with E-state index in [2.05, 4.69) is 4.85 Å². The molecule has 0 unspecified atom stereocenters. The molecule has 0 saturated heterocycles. The highest BCUT2D eigenvalue weighted by molar-refractivity contribution is 7.91. The number of rotatable bonds is 5. The van der Waals surface area contributed by atoms with E-state index in [4.69, 9.17) is 6.57 Å². The number of urea groups is 1. The maximum Gasteiger partial charge on any atom is 0.416 e. The zero-order chi connectivity index (χ0) is 30.3. The molecule has 1 fully saturated rings. The third-order valence-electron chi connectivity index (χ3n) is 7.22. The number of benzene rings is 2. The molecule has 0 aromatic heterocycles. The summed E-state index contributed by atoms with van der Waals surface area (Å²) in [5, 5.41) is 8.32. The molecule has 1 aliphatic carbocycles. The first kappa shape index (κ1) is 30.1. The molecule has 0 radical (unpaired) electrons. The van der Waals surface area contributed by atoms with Crippen molar-refractivity contribution in [2.75, 3.05) is 11.2 Å². The van der Waals surface area contributed by atoms with E-state index in [1.54, 1.807) is 0 Å². The monoisotopic (exact) mass is 606 g/mol. The Morgan fingerprint density at radius 1 is 1.05 bits per heavy atom. The number of carbonyl (C=O) groups is 1. The number of sulfone groups is 1. The molecule has 2 amide bonds. The largest absolute Gasteiger partial charge is 0.416 e. The van der Waals surface area contributed by atoms with Gasteiger partial charge in [0.2, 0.25) is 15.7 Å². The SMILES string of the molecule is [C-]#[N+]C1=C(C)N(c2cccc(C(F)(F)F)c2)C(=O)N(S(=O)(=O)C2CCCCC2)[C@@H]1c1ccc(C#N)cc1S(C)(=O)=O. The fourth-order valence-corrected chi connectivity index (χ4v) is 8.25. The van der Waals surface area contributed by atoms with Crippen LogP contribution in [0.25, 0.3) is 4.85 Å². The fraction of sp³-hybridized carbons (Fsp3) is 0.370. The summed E-state index contributed by atoms with van der Waals surface area (Å²) in [5.41, 5.74) is -2.18. The second kappa shape index (κ2) is 10.8. The van der Waals surface area contributed by atoms with Gasteiger partial charge in [-0.3, -0.25) is 4.90 Å². The van der Waals surface area contributed by atoms with Crippen LogP contribution in [0, 0.1) is 17.9 Å². The van der Waals surface area contributed by atoms with Crippen LogP contribution in [0.3, 0.4) is 0 Å². The molecule has 0 spiro atoms. The molecule has 216 valence electrons. The van der Waals surface area contributed by atoms with Gasteiger partial charge in [-0.05, 0) is 55.7 Å². The van der Waals surface area contributed by atoms with Crippen molar-refractivity contribution in [1.29, 1.82) is 5.26 Å². The van der Waals surface area contributed by atoms with Crippen molar-refractivity contribution in [2.24, 2.45) is 0 Å². The minimum Gasteiger partial charge on any atom is -0.277 e. The number of carbonyl (C=O) groups excluding carboxylic acids is 1. The number of nitriles is 1. The minimum atomic E-state index is -4.77. The predicted octanol–water partition coefficient (Wildman–Crippen LogP) is 5.78. The van der Waals surface area contributed by atoms with Crippen LogP contribution in [-0.4, -0.2) is 38.7 Å². The molecule has 0 bridgehead atoms. The lowest BCUT2D eigenvalue weighted by Gasteiger charge is -2.43. The minimum absolute atomic E-state index is 0.0475. The average molecular weight is 607 g/mol. The molecule has 14 heteroatoms.